The number of rotatable bonds is 8. The SMILES string of the molecule is CCCCCCNc1ccccc1C(=O)N1CCCC1CO. The van der Waals surface area contributed by atoms with E-state index in [0.717, 1.165) is 43.6 Å². The van der Waals surface area contributed by atoms with Crippen LogP contribution in [0.25, 0.3) is 0 Å². The molecule has 0 saturated carbocycles. The fourth-order valence-electron chi connectivity index (χ4n) is 3.05. The predicted molar refractivity (Wildman–Crippen MR) is 90.2 cm³/mol. The molecule has 0 spiro atoms. The van der Waals surface area contributed by atoms with E-state index in [-0.39, 0.29) is 18.6 Å². The lowest BCUT2D eigenvalue weighted by Gasteiger charge is -2.24. The Hall–Kier alpha value is -1.55. The Labute approximate surface area is 133 Å². The van der Waals surface area contributed by atoms with E-state index in [2.05, 4.69) is 12.2 Å². The number of hydrogen-bond donors (Lipinski definition) is 2. The highest BCUT2D eigenvalue weighted by Gasteiger charge is 2.29. The summed E-state index contributed by atoms with van der Waals surface area (Å²) in [4.78, 5) is 14.6. The molecule has 1 fully saturated rings. The Morgan fingerprint density at radius 2 is 2.14 bits per heavy atom. The van der Waals surface area contributed by atoms with Crippen molar-refractivity contribution >= 4 is 11.6 Å². The summed E-state index contributed by atoms with van der Waals surface area (Å²) < 4.78 is 0. The second kappa shape index (κ2) is 8.79. The first-order chi connectivity index (χ1) is 10.8. The normalized spacial score (nSPS) is 17.7. The lowest BCUT2D eigenvalue weighted by atomic mass is 10.1. The third-order valence-electron chi connectivity index (χ3n) is 4.35. The molecule has 0 radical (unpaired) electrons. The van der Waals surface area contributed by atoms with Crippen LogP contribution in [-0.2, 0) is 0 Å². The highest BCUT2D eigenvalue weighted by molar-refractivity contribution is 5.99. The van der Waals surface area contributed by atoms with Crippen molar-refractivity contribution in [2.45, 2.75) is 51.5 Å². The molecular formula is C18H28N2O2. The highest BCUT2D eigenvalue weighted by Crippen LogP contribution is 2.23. The average molecular weight is 304 g/mol. The molecule has 1 atom stereocenters. The lowest BCUT2D eigenvalue weighted by Crippen LogP contribution is -2.37. The topological polar surface area (TPSA) is 52.6 Å². The van der Waals surface area contributed by atoms with Gasteiger partial charge in [-0.25, -0.2) is 0 Å². The number of para-hydroxylation sites is 1. The van der Waals surface area contributed by atoms with Crippen LogP contribution in [0, 0.1) is 0 Å². The maximum Gasteiger partial charge on any atom is 0.256 e. The van der Waals surface area contributed by atoms with Crippen LogP contribution in [0.4, 0.5) is 5.69 Å². The molecule has 4 nitrogen and oxygen atoms in total. The zero-order valence-electron chi connectivity index (χ0n) is 13.6. The standard InChI is InChI=1S/C18H28N2O2/c1-2-3-4-7-12-19-17-11-6-5-10-16(17)18(22)20-13-8-9-15(20)14-21/h5-6,10-11,15,19,21H,2-4,7-9,12-14H2,1H3. The molecular weight excluding hydrogens is 276 g/mol. The van der Waals surface area contributed by atoms with Crippen molar-refractivity contribution < 1.29 is 9.90 Å². The van der Waals surface area contributed by atoms with Crippen molar-refractivity contribution in [2.75, 3.05) is 25.0 Å². The van der Waals surface area contributed by atoms with Gasteiger partial charge in [0.2, 0.25) is 0 Å². The van der Waals surface area contributed by atoms with Crippen molar-refractivity contribution in [3.63, 3.8) is 0 Å². The first-order valence-corrected chi connectivity index (χ1v) is 8.52. The largest absolute Gasteiger partial charge is 0.394 e. The molecule has 1 aliphatic rings. The quantitative estimate of drug-likeness (QED) is 0.725. The number of hydrogen-bond acceptors (Lipinski definition) is 3. The van der Waals surface area contributed by atoms with E-state index in [1.165, 1.54) is 19.3 Å². The Morgan fingerprint density at radius 3 is 2.91 bits per heavy atom. The first-order valence-electron chi connectivity index (χ1n) is 8.52. The smallest absolute Gasteiger partial charge is 0.256 e. The molecule has 0 bridgehead atoms. The Bertz CT molecular complexity index is 476. The molecule has 1 unspecified atom stereocenters. The molecule has 22 heavy (non-hydrogen) atoms. The molecule has 2 N–H and O–H groups in total. The number of aliphatic hydroxyl groups excluding tert-OH is 1. The number of unbranched alkanes of at least 4 members (excludes halogenated alkanes) is 3. The predicted octanol–water partition coefficient (Wildman–Crippen LogP) is 3.28. The van der Waals surface area contributed by atoms with Gasteiger partial charge in [-0.15, -0.1) is 0 Å². The number of amides is 1. The molecule has 0 aromatic heterocycles. The summed E-state index contributed by atoms with van der Waals surface area (Å²) in [6.45, 7) is 3.90. The van der Waals surface area contributed by atoms with E-state index < -0.39 is 0 Å². The van der Waals surface area contributed by atoms with E-state index in [1.54, 1.807) is 0 Å². The summed E-state index contributed by atoms with van der Waals surface area (Å²) in [6.07, 6.45) is 6.71. The molecule has 1 aromatic rings. The average Bonchev–Trinajstić information content (AvgIpc) is 3.03. The molecule has 1 amide bonds. The summed E-state index contributed by atoms with van der Waals surface area (Å²) in [5, 5.41) is 12.8. The Balaban J connectivity index is 1.99. The van der Waals surface area contributed by atoms with Gasteiger partial charge in [0.1, 0.15) is 0 Å². The molecule has 2 rings (SSSR count). The molecule has 1 saturated heterocycles. The van der Waals surface area contributed by atoms with Gasteiger partial charge in [0, 0.05) is 18.8 Å². The second-order valence-electron chi connectivity index (χ2n) is 6.01. The lowest BCUT2D eigenvalue weighted by molar-refractivity contribution is 0.0678. The number of anilines is 1. The van der Waals surface area contributed by atoms with Crippen LogP contribution < -0.4 is 5.32 Å². The third kappa shape index (κ3) is 4.23. The molecule has 122 valence electrons. The van der Waals surface area contributed by atoms with Crippen LogP contribution in [0.15, 0.2) is 24.3 Å². The van der Waals surface area contributed by atoms with Gasteiger partial charge in [0.15, 0.2) is 0 Å². The zero-order chi connectivity index (χ0) is 15.8. The molecule has 0 aliphatic carbocycles. The van der Waals surface area contributed by atoms with Gasteiger partial charge in [-0.3, -0.25) is 4.79 Å². The Morgan fingerprint density at radius 1 is 1.32 bits per heavy atom. The van der Waals surface area contributed by atoms with Crippen LogP contribution in [0.3, 0.4) is 0 Å². The summed E-state index contributed by atoms with van der Waals surface area (Å²) in [6, 6.07) is 7.68. The van der Waals surface area contributed by atoms with Gasteiger partial charge in [0.05, 0.1) is 18.2 Å². The van der Waals surface area contributed by atoms with Gasteiger partial charge in [0.25, 0.3) is 5.91 Å². The van der Waals surface area contributed by atoms with Crippen molar-refractivity contribution in [1.29, 1.82) is 0 Å². The van der Waals surface area contributed by atoms with E-state index in [9.17, 15) is 9.90 Å². The second-order valence-corrected chi connectivity index (χ2v) is 6.01. The monoisotopic (exact) mass is 304 g/mol. The van der Waals surface area contributed by atoms with Crippen LogP contribution in [0.2, 0.25) is 0 Å². The highest BCUT2D eigenvalue weighted by atomic mass is 16.3. The first kappa shape index (κ1) is 16.8. The number of benzene rings is 1. The van der Waals surface area contributed by atoms with Gasteiger partial charge >= 0.3 is 0 Å². The third-order valence-corrected chi connectivity index (χ3v) is 4.35. The van der Waals surface area contributed by atoms with Gasteiger partial charge < -0.3 is 15.3 Å². The molecule has 4 heteroatoms. The number of likely N-dealkylation sites (tertiary alicyclic amines) is 1. The van der Waals surface area contributed by atoms with Crippen LogP contribution >= 0.6 is 0 Å². The molecule has 1 aliphatic heterocycles. The minimum atomic E-state index is -0.0230. The number of aliphatic hydroxyl groups is 1. The number of nitrogens with one attached hydrogen (secondary N) is 1. The summed E-state index contributed by atoms with van der Waals surface area (Å²) >= 11 is 0. The fraction of sp³-hybridized carbons (Fsp3) is 0.611. The van der Waals surface area contributed by atoms with Crippen LogP contribution in [0.5, 0.6) is 0 Å². The fourth-order valence-corrected chi connectivity index (χ4v) is 3.05. The van der Waals surface area contributed by atoms with E-state index in [0.29, 0.717) is 0 Å². The summed E-state index contributed by atoms with van der Waals surface area (Å²) in [5.74, 6) is 0.0354. The van der Waals surface area contributed by atoms with Crippen molar-refractivity contribution in [2.24, 2.45) is 0 Å². The van der Waals surface area contributed by atoms with Crippen molar-refractivity contribution in [3.05, 3.63) is 29.8 Å². The number of nitrogens with zero attached hydrogens (tertiary/aromatic N) is 1. The van der Waals surface area contributed by atoms with E-state index >= 15 is 0 Å². The van der Waals surface area contributed by atoms with E-state index in [4.69, 9.17) is 0 Å². The van der Waals surface area contributed by atoms with Crippen molar-refractivity contribution in [1.82, 2.24) is 4.90 Å². The zero-order valence-corrected chi connectivity index (χ0v) is 13.6. The summed E-state index contributed by atoms with van der Waals surface area (Å²) in [7, 11) is 0. The van der Waals surface area contributed by atoms with Gasteiger partial charge in [-0.1, -0.05) is 38.3 Å². The van der Waals surface area contributed by atoms with Crippen LogP contribution in [-0.4, -0.2) is 41.7 Å². The van der Waals surface area contributed by atoms with Crippen molar-refractivity contribution in [3.8, 4) is 0 Å². The molecule has 1 heterocycles. The van der Waals surface area contributed by atoms with Gasteiger partial charge in [-0.05, 0) is 31.4 Å². The molecule has 1 aromatic carbocycles. The number of carbonyl (C=O) groups is 1. The maximum atomic E-state index is 12.7. The maximum absolute atomic E-state index is 12.7. The summed E-state index contributed by atoms with van der Waals surface area (Å²) in [5.41, 5.74) is 1.63. The van der Waals surface area contributed by atoms with E-state index in [1.807, 2.05) is 29.2 Å². The Kier molecular flexibility index (Phi) is 6.72. The van der Waals surface area contributed by atoms with Crippen LogP contribution in [0.1, 0.15) is 55.8 Å². The number of carbonyl (C=O) groups excluding carboxylic acids is 1. The minimum absolute atomic E-state index is 0.0230. The van der Waals surface area contributed by atoms with Gasteiger partial charge in [-0.2, -0.15) is 0 Å². The minimum Gasteiger partial charge on any atom is -0.394 e.